The van der Waals surface area contributed by atoms with E-state index < -0.39 is 0 Å². The molecule has 152 valence electrons. The van der Waals surface area contributed by atoms with Gasteiger partial charge in [0.05, 0.1) is 17.0 Å². The van der Waals surface area contributed by atoms with Crippen molar-refractivity contribution in [3.8, 4) is 0 Å². The van der Waals surface area contributed by atoms with Crippen molar-refractivity contribution in [2.75, 3.05) is 0 Å². The number of carbonyl (C=O) groups is 1. The number of aryl methyl sites for hydroxylation is 1. The third kappa shape index (κ3) is 3.39. The number of hydrogen-bond acceptors (Lipinski definition) is 4. The summed E-state index contributed by atoms with van der Waals surface area (Å²) in [5.41, 5.74) is 1.85. The zero-order valence-corrected chi connectivity index (χ0v) is 16.9. The number of pyridine rings is 2. The van der Waals surface area contributed by atoms with Gasteiger partial charge in [0.1, 0.15) is 16.8 Å². The molecule has 2 N–H and O–H groups in total. The lowest BCUT2D eigenvalue weighted by molar-refractivity contribution is 0.0937. The summed E-state index contributed by atoms with van der Waals surface area (Å²) in [6.45, 7) is 4.36. The topological polar surface area (TPSA) is 92.2 Å². The van der Waals surface area contributed by atoms with Gasteiger partial charge in [0.25, 0.3) is 11.5 Å². The molecule has 0 fully saturated rings. The van der Waals surface area contributed by atoms with E-state index in [1.807, 2.05) is 50.2 Å². The molecule has 4 rings (SSSR count). The van der Waals surface area contributed by atoms with Gasteiger partial charge in [0, 0.05) is 12.7 Å². The van der Waals surface area contributed by atoms with E-state index in [1.54, 1.807) is 22.9 Å². The van der Waals surface area contributed by atoms with Crippen LogP contribution in [0, 0.1) is 5.41 Å². The maximum Gasteiger partial charge on any atom is 0.267 e. The zero-order valence-electron chi connectivity index (χ0n) is 16.9. The lowest BCUT2D eigenvalue weighted by Gasteiger charge is -2.17. The lowest BCUT2D eigenvalue weighted by atomic mass is 10.1. The molecule has 0 aliphatic rings. The fourth-order valence-electron chi connectivity index (χ4n) is 3.60. The highest BCUT2D eigenvalue weighted by Crippen LogP contribution is 2.14. The van der Waals surface area contributed by atoms with Crippen LogP contribution in [0.3, 0.4) is 0 Å². The van der Waals surface area contributed by atoms with Crippen LogP contribution in [0.15, 0.2) is 65.6 Å². The molecule has 30 heavy (non-hydrogen) atoms. The fraction of sp³-hybridized carbons (Fsp3) is 0.217. The molecule has 7 heteroatoms. The maximum atomic E-state index is 13.1. The van der Waals surface area contributed by atoms with E-state index >= 15 is 0 Å². The number of benzene rings is 1. The standard InChI is InChI=1S/C23H23N5O2/c1-3-12-28-20(24)17(22(29)25-15(2)16-9-5-4-6-10-16)14-18-21(28)26-19-11-7-8-13-27(19)23(18)30/h4-11,13-15,24H,3,12H2,1-2H3,(H,25,29)/t15-/m0/s1. The molecule has 0 saturated carbocycles. The van der Waals surface area contributed by atoms with Gasteiger partial charge < -0.3 is 9.88 Å². The van der Waals surface area contributed by atoms with Crippen LogP contribution in [0.5, 0.6) is 0 Å². The van der Waals surface area contributed by atoms with Crippen LogP contribution in [0.25, 0.3) is 16.7 Å². The number of fused-ring (bicyclic) bond motifs is 2. The number of rotatable bonds is 5. The number of amides is 1. The van der Waals surface area contributed by atoms with Gasteiger partial charge >= 0.3 is 0 Å². The SMILES string of the molecule is CCCn1c(=N)c(C(=O)N[C@@H](C)c2ccccc2)cc2c(=O)n3ccccc3nc21. The number of aromatic nitrogens is 3. The third-order valence-corrected chi connectivity index (χ3v) is 5.16. The zero-order chi connectivity index (χ0) is 21.3. The summed E-state index contributed by atoms with van der Waals surface area (Å²) in [6.07, 6.45) is 2.40. The summed E-state index contributed by atoms with van der Waals surface area (Å²) in [7, 11) is 0. The van der Waals surface area contributed by atoms with E-state index in [0.717, 1.165) is 12.0 Å². The number of nitrogens with one attached hydrogen (secondary N) is 2. The van der Waals surface area contributed by atoms with Crippen LogP contribution in [0.4, 0.5) is 0 Å². The van der Waals surface area contributed by atoms with Crippen LogP contribution in [0.2, 0.25) is 0 Å². The average Bonchev–Trinajstić information content (AvgIpc) is 2.76. The molecule has 4 aromatic rings. The molecule has 0 aliphatic heterocycles. The molecule has 1 amide bonds. The van der Waals surface area contributed by atoms with Gasteiger partial charge in [-0.2, -0.15) is 0 Å². The summed E-state index contributed by atoms with van der Waals surface area (Å²) in [5, 5.41) is 11.9. The van der Waals surface area contributed by atoms with Crippen LogP contribution in [-0.4, -0.2) is 19.9 Å². The van der Waals surface area contributed by atoms with Crippen LogP contribution in [-0.2, 0) is 6.54 Å². The van der Waals surface area contributed by atoms with E-state index in [1.165, 1.54) is 10.5 Å². The van der Waals surface area contributed by atoms with Crippen molar-refractivity contribution >= 4 is 22.6 Å². The number of carbonyl (C=O) groups excluding carboxylic acids is 1. The maximum absolute atomic E-state index is 13.1. The molecule has 0 unspecified atom stereocenters. The minimum atomic E-state index is -0.388. The summed E-state index contributed by atoms with van der Waals surface area (Å²) < 4.78 is 3.10. The Kier molecular flexibility index (Phi) is 5.18. The predicted molar refractivity (Wildman–Crippen MR) is 115 cm³/mol. The molecule has 3 heterocycles. The fourth-order valence-corrected chi connectivity index (χ4v) is 3.60. The quantitative estimate of drug-likeness (QED) is 0.504. The van der Waals surface area contributed by atoms with Crippen molar-refractivity contribution in [1.82, 2.24) is 19.3 Å². The van der Waals surface area contributed by atoms with Crippen molar-refractivity contribution in [3.63, 3.8) is 0 Å². The van der Waals surface area contributed by atoms with Gasteiger partial charge in [0.15, 0.2) is 0 Å². The Morgan fingerprint density at radius 1 is 1.17 bits per heavy atom. The smallest absolute Gasteiger partial charge is 0.267 e. The molecule has 0 radical (unpaired) electrons. The van der Waals surface area contributed by atoms with E-state index in [9.17, 15) is 9.59 Å². The highest BCUT2D eigenvalue weighted by molar-refractivity contribution is 5.97. The summed E-state index contributed by atoms with van der Waals surface area (Å²) in [5.74, 6) is -0.388. The summed E-state index contributed by atoms with van der Waals surface area (Å²) >= 11 is 0. The molecular formula is C23H23N5O2. The second-order valence-corrected chi connectivity index (χ2v) is 7.25. The van der Waals surface area contributed by atoms with E-state index in [4.69, 9.17) is 5.41 Å². The largest absolute Gasteiger partial charge is 0.345 e. The van der Waals surface area contributed by atoms with Crippen molar-refractivity contribution < 1.29 is 4.79 Å². The highest BCUT2D eigenvalue weighted by atomic mass is 16.1. The normalized spacial score (nSPS) is 12.2. The van der Waals surface area contributed by atoms with Crippen molar-refractivity contribution in [3.05, 3.63) is 87.8 Å². The number of hydrogen-bond donors (Lipinski definition) is 2. The molecular weight excluding hydrogens is 378 g/mol. The Hall–Kier alpha value is -3.74. The molecule has 1 aromatic carbocycles. The minimum absolute atomic E-state index is 0.0503. The monoisotopic (exact) mass is 401 g/mol. The van der Waals surface area contributed by atoms with Gasteiger partial charge in [-0.05, 0) is 37.1 Å². The van der Waals surface area contributed by atoms with Gasteiger partial charge in [-0.3, -0.25) is 19.4 Å². The first-order valence-electron chi connectivity index (χ1n) is 9.96. The molecule has 0 bridgehead atoms. The van der Waals surface area contributed by atoms with Gasteiger partial charge in [-0.1, -0.05) is 43.3 Å². The molecule has 1 atom stereocenters. The third-order valence-electron chi connectivity index (χ3n) is 5.16. The minimum Gasteiger partial charge on any atom is -0.345 e. The van der Waals surface area contributed by atoms with Gasteiger partial charge in [-0.25, -0.2) is 4.98 Å². The summed E-state index contributed by atoms with van der Waals surface area (Å²) in [6, 6.07) is 16.2. The van der Waals surface area contributed by atoms with Crippen molar-refractivity contribution in [1.29, 1.82) is 5.41 Å². The molecule has 0 aliphatic carbocycles. The summed E-state index contributed by atoms with van der Waals surface area (Å²) in [4.78, 5) is 30.7. The molecule has 7 nitrogen and oxygen atoms in total. The molecule has 0 saturated heterocycles. The van der Waals surface area contributed by atoms with Crippen LogP contribution >= 0.6 is 0 Å². The Morgan fingerprint density at radius 2 is 1.90 bits per heavy atom. The Bertz CT molecular complexity index is 1360. The Morgan fingerprint density at radius 3 is 2.63 bits per heavy atom. The van der Waals surface area contributed by atoms with Crippen LogP contribution in [0.1, 0.15) is 42.2 Å². The van der Waals surface area contributed by atoms with E-state index in [-0.39, 0.29) is 28.6 Å². The van der Waals surface area contributed by atoms with Crippen molar-refractivity contribution in [2.24, 2.45) is 0 Å². The van der Waals surface area contributed by atoms with E-state index in [0.29, 0.717) is 23.2 Å². The average molecular weight is 401 g/mol. The molecule has 3 aromatic heterocycles. The lowest BCUT2D eigenvalue weighted by Crippen LogP contribution is -2.36. The van der Waals surface area contributed by atoms with Crippen LogP contribution < -0.4 is 16.4 Å². The highest BCUT2D eigenvalue weighted by Gasteiger charge is 2.18. The second-order valence-electron chi connectivity index (χ2n) is 7.25. The first-order valence-corrected chi connectivity index (χ1v) is 9.96. The Balaban J connectivity index is 1.87. The Labute approximate surface area is 173 Å². The van der Waals surface area contributed by atoms with Crippen molar-refractivity contribution in [2.45, 2.75) is 32.9 Å². The van der Waals surface area contributed by atoms with Gasteiger partial charge in [-0.15, -0.1) is 0 Å². The predicted octanol–water partition coefficient (Wildman–Crippen LogP) is 3.03. The molecule has 0 spiro atoms. The first-order chi connectivity index (χ1) is 14.5. The second kappa shape index (κ2) is 7.94. The van der Waals surface area contributed by atoms with E-state index in [2.05, 4.69) is 10.3 Å². The number of nitrogens with zero attached hydrogens (tertiary/aromatic N) is 3. The first kappa shape index (κ1) is 19.6. The van der Waals surface area contributed by atoms with Gasteiger partial charge in [0.2, 0.25) is 0 Å².